The number of hydrogen-bond donors (Lipinski definition) is 3. The lowest BCUT2D eigenvalue weighted by Gasteiger charge is -2.37. The Morgan fingerprint density at radius 3 is 2.55 bits per heavy atom. The Kier molecular flexibility index (Phi) is 6.46. The van der Waals surface area contributed by atoms with Gasteiger partial charge in [-0.15, -0.1) is 0 Å². The minimum Gasteiger partial charge on any atom is -0.480 e. The van der Waals surface area contributed by atoms with Gasteiger partial charge < -0.3 is 15.7 Å². The molecule has 2 atom stereocenters. The molecule has 1 aliphatic rings. The van der Waals surface area contributed by atoms with Gasteiger partial charge in [0.2, 0.25) is 5.91 Å². The number of amides is 1. The van der Waals surface area contributed by atoms with Gasteiger partial charge in [-0.3, -0.25) is 4.79 Å². The van der Waals surface area contributed by atoms with Crippen LogP contribution in [0, 0.1) is 11.3 Å². The molecule has 1 unspecified atom stereocenters. The van der Waals surface area contributed by atoms with Crippen LogP contribution in [0.5, 0.6) is 0 Å². The van der Waals surface area contributed by atoms with Crippen LogP contribution in [0.2, 0.25) is 0 Å². The molecule has 0 aromatic heterocycles. The van der Waals surface area contributed by atoms with Crippen molar-refractivity contribution in [1.82, 2.24) is 10.6 Å². The molecule has 20 heavy (non-hydrogen) atoms. The molecule has 0 spiro atoms. The monoisotopic (exact) mass is 284 g/mol. The Morgan fingerprint density at radius 2 is 2.10 bits per heavy atom. The van der Waals surface area contributed by atoms with E-state index in [4.69, 9.17) is 0 Å². The van der Waals surface area contributed by atoms with E-state index in [0.29, 0.717) is 13.0 Å². The summed E-state index contributed by atoms with van der Waals surface area (Å²) in [5.74, 6) is -0.801. The third-order valence-corrected chi connectivity index (χ3v) is 3.99. The predicted octanol–water partition coefficient (Wildman–Crippen LogP) is 1.77. The average molecular weight is 284 g/mol. The van der Waals surface area contributed by atoms with Crippen molar-refractivity contribution in [2.45, 2.75) is 58.9 Å². The first kappa shape index (κ1) is 17.0. The fourth-order valence-corrected chi connectivity index (χ4v) is 2.97. The van der Waals surface area contributed by atoms with Crippen molar-refractivity contribution in [3.8, 4) is 0 Å². The first-order chi connectivity index (χ1) is 9.41. The molecule has 0 aromatic rings. The highest BCUT2D eigenvalue weighted by molar-refractivity contribution is 5.87. The quantitative estimate of drug-likeness (QED) is 0.666. The van der Waals surface area contributed by atoms with Gasteiger partial charge in [0.1, 0.15) is 6.04 Å². The van der Waals surface area contributed by atoms with Gasteiger partial charge in [0, 0.05) is 6.54 Å². The molecule has 1 fully saturated rings. The standard InChI is InChI=1S/C15H28N2O3/c1-4-6-15(7-5-8-16-10-15)14(20)17-12(13(18)19)9-11(2)3/h11-12,16H,4-10H2,1-3H3,(H,17,20)(H,18,19)/t12-,15?/m0/s1. The molecular formula is C15H28N2O3. The van der Waals surface area contributed by atoms with Crippen LogP contribution >= 0.6 is 0 Å². The van der Waals surface area contributed by atoms with E-state index in [1.54, 1.807) is 0 Å². The molecule has 1 aliphatic heterocycles. The van der Waals surface area contributed by atoms with Crippen molar-refractivity contribution >= 4 is 11.9 Å². The number of nitrogens with one attached hydrogen (secondary N) is 2. The number of aliphatic carboxylic acids is 1. The van der Waals surface area contributed by atoms with Gasteiger partial charge >= 0.3 is 5.97 Å². The molecule has 3 N–H and O–H groups in total. The molecule has 5 heteroatoms. The maximum absolute atomic E-state index is 12.6. The lowest BCUT2D eigenvalue weighted by molar-refractivity contribution is -0.145. The number of hydrogen-bond acceptors (Lipinski definition) is 3. The van der Waals surface area contributed by atoms with Gasteiger partial charge in [0.15, 0.2) is 0 Å². The summed E-state index contributed by atoms with van der Waals surface area (Å²) >= 11 is 0. The van der Waals surface area contributed by atoms with E-state index in [0.717, 1.165) is 32.2 Å². The summed E-state index contributed by atoms with van der Waals surface area (Å²) in [5, 5.41) is 15.3. The fraction of sp³-hybridized carbons (Fsp3) is 0.867. The summed E-state index contributed by atoms with van der Waals surface area (Å²) in [6, 6.07) is -0.779. The van der Waals surface area contributed by atoms with Crippen molar-refractivity contribution in [3.05, 3.63) is 0 Å². The second-order valence-corrected chi connectivity index (χ2v) is 6.30. The maximum Gasteiger partial charge on any atom is 0.326 e. The first-order valence-corrected chi connectivity index (χ1v) is 7.66. The highest BCUT2D eigenvalue weighted by Crippen LogP contribution is 2.32. The zero-order valence-corrected chi connectivity index (χ0v) is 12.9. The number of carbonyl (C=O) groups is 2. The summed E-state index contributed by atoms with van der Waals surface area (Å²) in [6.45, 7) is 7.58. The number of piperidine rings is 1. The largest absolute Gasteiger partial charge is 0.480 e. The topological polar surface area (TPSA) is 78.4 Å². The van der Waals surface area contributed by atoms with Gasteiger partial charge in [-0.25, -0.2) is 4.79 Å². The maximum atomic E-state index is 12.6. The molecule has 1 rings (SSSR count). The Hall–Kier alpha value is -1.10. The van der Waals surface area contributed by atoms with Crippen molar-refractivity contribution in [2.75, 3.05) is 13.1 Å². The molecule has 116 valence electrons. The number of carboxylic acid groups (broad SMARTS) is 1. The predicted molar refractivity (Wildman–Crippen MR) is 78.5 cm³/mol. The summed E-state index contributed by atoms with van der Waals surface area (Å²) in [4.78, 5) is 23.9. The van der Waals surface area contributed by atoms with Crippen LogP contribution in [0.1, 0.15) is 52.9 Å². The smallest absolute Gasteiger partial charge is 0.326 e. The van der Waals surface area contributed by atoms with E-state index < -0.39 is 17.4 Å². The third kappa shape index (κ3) is 4.47. The summed E-state index contributed by atoms with van der Waals surface area (Å²) in [7, 11) is 0. The van der Waals surface area contributed by atoms with Crippen molar-refractivity contribution in [3.63, 3.8) is 0 Å². The summed E-state index contributed by atoms with van der Waals surface area (Å²) in [5.41, 5.74) is -0.433. The molecule has 1 heterocycles. The van der Waals surface area contributed by atoms with Crippen LogP contribution < -0.4 is 10.6 Å². The van der Waals surface area contributed by atoms with Crippen LogP contribution in [-0.4, -0.2) is 36.1 Å². The zero-order valence-electron chi connectivity index (χ0n) is 12.9. The Morgan fingerprint density at radius 1 is 1.40 bits per heavy atom. The van der Waals surface area contributed by atoms with Gasteiger partial charge in [0.25, 0.3) is 0 Å². The highest BCUT2D eigenvalue weighted by Gasteiger charge is 2.40. The van der Waals surface area contributed by atoms with E-state index >= 15 is 0 Å². The lowest BCUT2D eigenvalue weighted by atomic mass is 9.76. The number of rotatable bonds is 7. The minimum absolute atomic E-state index is 0.0976. The molecular weight excluding hydrogens is 256 g/mol. The average Bonchev–Trinajstić information content (AvgIpc) is 2.38. The second kappa shape index (κ2) is 7.62. The van der Waals surface area contributed by atoms with Gasteiger partial charge in [-0.1, -0.05) is 27.2 Å². The number of carbonyl (C=O) groups excluding carboxylic acids is 1. The van der Waals surface area contributed by atoms with E-state index in [-0.39, 0.29) is 11.8 Å². The SMILES string of the molecule is CCCC1(C(=O)N[C@@H](CC(C)C)C(=O)O)CCCNC1. The molecule has 0 aliphatic carbocycles. The fourth-order valence-electron chi connectivity index (χ4n) is 2.97. The van der Waals surface area contributed by atoms with Crippen LogP contribution in [-0.2, 0) is 9.59 Å². The minimum atomic E-state index is -0.942. The molecule has 0 radical (unpaired) electrons. The van der Waals surface area contributed by atoms with Crippen LogP contribution in [0.25, 0.3) is 0 Å². The summed E-state index contributed by atoms with van der Waals surface area (Å²) < 4.78 is 0. The molecule has 0 saturated carbocycles. The van der Waals surface area contributed by atoms with Crippen molar-refractivity contribution < 1.29 is 14.7 Å². The van der Waals surface area contributed by atoms with E-state index in [1.807, 2.05) is 13.8 Å². The first-order valence-electron chi connectivity index (χ1n) is 7.66. The van der Waals surface area contributed by atoms with E-state index in [9.17, 15) is 14.7 Å². The molecule has 0 aromatic carbocycles. The van der Waals surface area contributed by atoms with Crippen LogP contribution in [0.15, 0.2) is 0 Å². The van der Waals surface area contributed by atoms with Gasteiger partial charge in [0.05, 0.1) is 5.41 Å². The molecule has 1 amide bonds. The van der Waals surface area contributed by atoms with Crippen molar-refractivity contribution in [2.24, 2.45) is 11.3 Å². The van der Waals surface area contributed by atoms with E-state index in [1.165, 1.54) is 0 Å². The van der Waals surface area contributed by atoms with Crippen LogP contribution in [0.3, 0.4) is 0 Å². The Labute approximate surface area is 121 Å². The number of carboxylic acids is 1. The van der Waals surface area contributed by atoms with Crippen LogP contribution in [0.4, 0.5) is 0 Å². The highest BCUT2D eigenvalue weighted by atomic mass is 16.4. The van der Waals surface area contributed by atoms with Gasteiger partial charge in [-0.2, -0.15) is 0 Å². The third-order valence-electron chi connectivity index (χ3n) is 3.99. The Balaban J connectivity index is 2.75. The molecule has 5 nitrogen and oxygen atoms in total. The second-order valence-electron chi connectivity index (χ2n) is 6.30. The van der Waals surface area contributed by atoms with E-state index in [2.05, 4.69) is 17.6 Å². The zero-order chi connectivity index (χ0) is 15.2. The normalized spacial score (nSPS) is 24.4. The Bertz CT molecular complexity index is 331. The molecule has 0 bridgehead atoms. The lowest BCUT2D eigenvalue weighted by Crippen LogP contribution is -2.54. The van der Waals surface area contributed by atoms with Gasteiger partial charge in [-0.05, 0) is 38.1 Å². The van der Waals surface area contributed by atoms with Crippen molar-refractivity contribution in [1.29, 1.82) is 0 Å². The molecule has 1 saturated heterocycles. The summed E-state index contributed by atoms with van der Waals surface area (Å²) in [6.07, 6.45) is 4.01.